The number of hydrogen-bond acceptors (Lipinski definition) is 6. The third-order valence-corrected chi connectivity index (χ3v) is 7.93. The molecule has 2 aromatic carbocycles. The van der Waals surface area contributed by atoms with Crippen molar-refractivity contribution in [3.8, 4) is 5.75 Å². The van der Waals surface area contributed by atoms with Crippen LogP contribution in [-0.2, 0) is 20.0 Å². The van der Waals surface area contributed by atoms with Gasteiger partial charge in [0.25, 0.3) is 20.0 Å². The van der Waals surface area contributed by atoms with Crippen LogP contribution in [0.25, 0.3) is 0 Å². The number of thiophene rings is 1. The van der Waals surface area contributed by atoms with Crippen LogP contribution in [0.2, 0.25) is 0 Å². The van der Waals surface area contributed by atoms with E-state index in [1.165, 1.54) is 31.4 Å². The van der Waals surface area contributed by atoms with Gasteiger partial charge in [0.05, 0.1) is 18.5 Å². The molecule has 10 heteroatoms. The Bertz CT molecular complexity index is 1190. The number of aryl methyl sites for hydroxylation is 1. The van der Waals surface area contributed by atoms with Crippen molar-refractivity contribution in [3.05, 3.63) is 65.5 Å². The maximum absolute atomic E-state index is 12.9. The number of rotatable bonds is 7. The summed E-state index contributed by atoms with van der Waals surface area (Å²) in [5.74, 6) is 0.190. The van der Waals surface area contributed by atoms with Gasteiger partial charge in [0.2, 0.25) is 0 Å². The van der Waals surface area contributed by atoms with Crippen LogP contribution in [0.15, 0.2) is 69.1 Å². The summed E-state index contributed by atoms with van der Waals surface area (Å²) in [6.07, 6.45) is 0. The summed E-state index contributed by atoms with van der Waals surface area (Å²) < 4.78 is 61.0. The Morgan fingerprint density at radius 2 is 1.50 bits per heavy atom. The smallest absolute Gasteiger partial charge is 0.271 e. The van der Waals surface area contributed by atoms with Gasteiger partial charge in [-0.2, -0.15) is 0 Å². The predicted molar refractivity (Wildman–Crippen MR) is 110 cm³/mol. The molecule has 28 heavy (non-hydrogen) atoms. The molecule has 2 N–H and O–H groups in total. The van der Waals surface area contributed by atoms with Crippen LogP contribution in [0.1, 0.15) is 5.56 Å². The van der Waals surface area contributed by atoms with Crippen LogP contribution < -0.4 is 14.2 Å². The van der Waals surface area contributed by atoms with Gasteiger partial charge in [-0.25, -0.2) is 16.8 Å². The summed E-state index contributed by atoms with van der Waals surface area (Å²) >= 11 is 1.07. The van der Waals surface area contributed by atoms with E-state index in [2.05, 4.69) is 9.44 Å². The molecule has 7 nitrogen and oxygen atoms in total. The number of anilines is 2. The molecule has 0 bridgehead atoms. The van der Waals surface area contributed by atoms with Gasteiger partial charge in [-0.3, -0.25) is 9.44 Å². The van der Waals surface area contributed by atoms with Crippen molar-refractivity contribution in [3.63, 3.8) is 0 Å². The molecule has 0 fully saturated rings. The molecule has 148 valence electrons. The summed E-state index contributed by atoms with van der Waals surface area (Å²) in [6.45, 7) is 1.77. The van der Waals surface area contributed by atoms with E-state index < -0.39 is 20.0 Å². The second-order valence-electron chi connectivity index (χ2n) is 5.84. The van der Waals surface area contributed by atoms with E-state index in [0.717, 1.165) is 16.9 Å². The van der Waals surface area contributed by atoms with Gasteiger partial charge in [0.15, 0.2) is 0 Å². The monoisotopic (exact) mass is 438 g/mol. The number of nitrogens with one attached hydrogen (secondary N) is 2. The minimum Gasteiger partial charge on any atom is -0.495 e. The maximum Gasteiger partial charge on any atom is 0.271 e. The summed E-state index contributed by atoms with van der Waals surface area (Å²) in [6, 6.07) is 14.1. The van der Waals surface area contributed by atoms with Crippen LogP contribution in [0.4, 0.5) is 11.4 Å². The zero-order valence-electron chi connectivity index (χ0n) is 15.0. The maximum atomic E-state index is 12.9. The Morgan fingerprint density at radius 1 is 0.857 bits per heavy atom. The summed E-state index contributed by atoms with van der Waals surface area (Å²) in [4.78, 5) is -0.0362. The first kappa shape index (κ1) is 20.2. The van der Waals surface area contributed by atoms with Crippen molar-refractivity contribution in [1.29, 1.82) is 0 Å². The van der Waals surface area contributed by atoms with Crippen LogP contribution in [-0.4, -0.2) is 23.9 Å². The molecule has 0 aliphatic heterocycles. The molecule has 0 saturated heterocycles. The van der Waals surface area contributed by atoms with Crippen LogP contribution in [0.3, 0.4) is 0 Å². The largest absolute Gasteiger partial charge is 0.495 e. The molecule has 0 spiro atoms. The van der Waals surface area contributed by atoms with Crippen LogP contribution >= 0.6 is 11.3 Å². The molecule has 3 aromatic rings. The number of ether oxygens (including phenoxy) is 1. The predicted octanol–water partition coefficient (Wildman–Crippen LogP) is 3.67. The minimum atomic E-state index is -4.02. The Morgan fingerprint density at radius 3 is 2.07 bits per heavy atom. The van der Waals surface area contributed by atoms with E-state index in [0.29, 0.717) is 0 Å². The fraction of sp³-hybridized carbons (Fsp3) is 0.111. The van der Waals surface area contributed by atoms with E-state index in [9.17, 15) is 16.8 Å². The lowest BCUT2D eigenvalue weighted by molar-refractivity contribution is 0.402. The third-order valence-electron chi connectivity index (χ3n) is 3.78. The second kappa shape index (κ2) is 7.82. The Hall–Kier alpha value is -2.56. The SMILES string of the molecule is COc1ccc(C)cc1S(=O)(=O)Nc1ccccc1NS(=O)(=O)c1cccs1. The normalized spacial score (nSPS) is 11.8. The van der Waals surface area contributed by atoms with E-state index in [1.807, 2.05) is 0 Å². The van der Waals surface area contributed by atoms with E-state index >= 15 is 0 Å². The molecular weight excluding hydrogens is 420 g/mol. The number of benzene rings is 2. The van der Waals surface area contributed by atoms with Crippen molar-refractivity contribution in [2.45, 2.75) is 16.0 Å². The highest BCUT2D eigenvalue weighted by Gasteiger charge is 2.23. The molecule has 0 atom stereocenters. The molecule has 0 amide bonds. The average Bonchev–Trinajstić information content (AvgIpc) is 3.19. The second-order valence-corrected chi connectivity index (χ2v) is 10.4. The molecule has 0 aliphatic carbocycles. The zero-order chi connectivity index (χ0) is 20.4. The van der Waals surface area contributed by atoms with Crippen LogP contribution in [0, 0.1) is 6.92 Å². The summed E-state index contributed by atoms with van der Waals surface area (Å²) in [5.41, 5.74) is 0.963. The topological polar surface area (TPSA) is 102 Å². The Labute approximate surface area is 168 Å². The number of methoxy groups -OCH3 is 1. The fourth-order valence-electron chi connectivity index (χ4n) is 2.47. The molecule has 0 unspecified atom stereocenters. The number of para-hydroxylation sites is 2. The highest BCUT2D eigenvalue weighted by Crippen LogP contribution is 2.31. The first-order valence-electron chi connectivity index (χ1n) is 8.06. The van der Waals surface area contributed by atoms with Gasteiger partial charge in [-0.05, 0) is 48.2 Å². The van der Waals surface area contributed by atoms with E-state index in [-0.39, 0.29) is 26.2 Å². The van der Waals surface area contributed by atoms with Gasteiger partial charge in [0.1, 0.15) is 14.9 Å². The van der Waals surface area contributed by atoms with Gasteiger partial charge in [0, 0.05) is 0 Å². The molecule has 0 aliphatic rings. The first-order valence-corrected chi connectivity index (χ1v) is 11.9. The summed E-state index contributed by atoms with van der Waals surface area (Å²) in [5, 5.41) is 1.65. The molecule has 0 saturated carbocycles. The van der Waals surface area contributed by atoms with Gasteiger partial charge in [-0.15, -0.1) is 11.3 Å². The average molecular weight is 439 g/mol. The zero-order valence-corrected chi connectivity index (χ0v) is 17.5. The first-order chi connectivity index (χ1) is 13.2. The van der Waals surface area contributed by atoms with Crippen molar-refractivity contribution in [1.82, 2.24) is 0 Å². The number of hydrogen-bond donors (Lipinski definition) is 2. The van der Waals surface area contributed by atoms with Gasteiger partial charge in [-0.1, -0.05) is 24.3 Å². The molecule has 3 rings (SSSR count). The molecular formula is C18H18N2O5S3. The fourth-order valence-corrected chi connectivity index (χ4v) is 5.87. The Balaban J connectivity index is 1.97. The molecule has 1 heterocycles. The van der Waals surface area contributed by atoms with E-state index in [1.54, 1.807) is 42.6 Å². The standard InChI is InChI=1S/C18H18N2O5S3/c1-13-9-10-16(25-2)17(12-13)27(21,22)19-14-6-3-4-7-15(14)20-28(23,24)18-8-5-11-26-18/h3-12,19-20H,1-2H3. The highest BCUT2D eigenvalue weighted by molar-refractivity contribution is 7.94. The lowest BCUT2D eigenvalue weighted by atomic mass is 10.2. The van der Waals surface area contributed by atoms with Crippen molar-refractivity contribution < 1.29 is 21.6 Å². The number of sulfonamides is 2. The molecule has 1 aromatic heterocycles. The lowest BCUT2D eigenvalue weighted by Crippen LogP contribution is -2.17. The summed E-state index contributed by atoms with van der Waals surface area (Å²) in [7, 11) is -6.46. The van der Waals surface area contributed by atoms with Crippen LogP contribution in [0.5, 0.6) is 5.75 Å². The van der Waals surface area contributed by atoms with E-state index in [4.69, 9.17) is 4.74 Å². The highest BCUT2D eigenvalue weighted by atomic mass is 32.2. The van der Waals surface area contributed by atoms with Crippen molar-refractivity contribution in [2.24, 2.45) is 0 Å². The van der Waals surface area contributed by atoms with Gasteiger partial charge < -0.3 is 4.74 Å². The Kier molecular flexibility index (Phi) is 5.64. The van der Waals surface area contributed by atoms with Crippen molar-refractivity contribution >= 4 is 42.8 Å². The van der Waals surface area contributed by atoms with Crippen molar-refractivity contribution in [2.75, 3.05) is 16.6 Å². The quantitative estimate of drug-likeness (QED) is 0.586. The minimum absolute atomic E-state index is 0.0362. The van der Waals surface area contributed by atoms with Gasteiger partial charge >= 0.3 is 0 Å². The third kappa shape index (κ3) is 4.29. The lowest BCUT2D eigenvalue weighted by Gasteiger charge is -2.15. The molecule has 0 radical (unpaired) electrons.